The molecular weight excluding hydrogens is 682 g/mol. The van der Waals surface area contributed by atoms with E-state index in [0.717, 1.165) is 0 Å². The van der Waals surface area contributed by atoms with Crippen LogP contribution >= 0.6 is 0 Å². The normalized spacial score (nSPS) is 26.5. The third-order valence-corrected chi connectivity index (χ3v) is 4.76. The maximum absolute atomic E-state index is 14.2. The first-order chi connectivity index (χ1) is 17.2. The van der Waals surface area contributed by atoms with Gasteiger partial charge in [0, 0.05) is 0 Å². The highest BCUT2D eigenvalue weighted by Crippen LogP contribution is 2.69. The molecule has 0 amide bonds. The Morgan fingerprint density at radius 3 is 0.854 bits per heavy atom. The lowest BCUT2D eigenvalue weighted by Crippen LogP contribution is -2.74. The molecule has 1 heterocycles. The van der Waals surface area contributed by atoms with Gasteiger partial charge in [-0.25, -0.2) is 4.74 Å². The van der Waals surface area contributed by atoms with Crippen LogP contribution in [0.3, 0.4) is 0 Å². The van der Waals surface area contributed by atoms with Crippen LogP contribution in [0.15, 0.2) is 0 Å². The second-order valence-corrected chi connectivity index (χ2v) is 7.44. The zero-order valence-corrected chi connectivity index (χ0v) is 17.1. The first-order valence-corrected chi connectivity index (χ1v) is 8.48. The van der Waals surface area contributed by atoms with E-state index in [1.54, 1.807) is 0 Å². The molecule has 1 fully saturated rings. The van der Waals surface area contributed by atoms with E-state index < -0.39 is 77.7 Å². The van der Waals surface area contributed by atoms with Gasteiger partial charge in [-0.2, -0.15) is 114 Å². The zero-order chi connectivity index (χ0) is 33.9. The Morgan fingerprint density at radius 1 is 0.317 bits per heavy atom. The standard InChI is InChI=1S/C13F26O2/c14-1(15,2(16,17)6(24,25)10(31,32)33)5(22,23)9(30)12(37,38)41-13(39,40-9)8(28,29)4(20,21)3(18,19)7(26,27)11(34,35)36. The molecule has 0 aliphatic carbocycles. The Bertz CT molecular complexity index is 1000. The summed E-state index contributed by atoms with van der Waals surface area (Å²) in [6.07, 6.45) is -24.3. The van der Waals surface area contributed by atoms with Crippen molar-refractivity contribution >= 4 is 0 Å². The molecule has 0 N–H and O–H groups in total. The number of halogens is 26. The van der Waals surface area contributed by atoms with Crippen molar-refractivity contribution < 1.29 is 124 Å². The quantitative estimate of drug-likeness (QED) is 0.241. The second-order valence-electron chi connectivity index (χ2n) is 7.44. The van der Waals surface area contributed by atoms with Crippen molar-refractivity contribution in [3.63, 3.8) is 0 Å². The lowest BCUT2D eigenvalue weighted by atomic mass is 9.92. The van der Waals surface area contributed by atoms with E-state index in [1.807, 2.05) is 0 Å². The summed E-state index contributed by atoms with van der Waals surface area (Å²) in [4.78, 5) is 0. The Labute approximate surface area is 203 Å². The zero-order valence-electron chi connectivity index (χ0n) is 17.1. The third kappa shape index (κ3) is 4.17. The lowest BCUT2D eigenvalue weighted by Gasteiger charge is -2.41. The van der Waals surface area contributed by atoms with Crippen LogP contribution < -0.4 is 0 Å². The monoisotopic (exact) mass is 682 g/mol. The van der Waals surface area contributed by atoms with E-state index in [-0.39, 0.29) is 0 Å². The van der Waals surface area contributed by atoms with Gasteiger partial charge < -0.3 is 0 Å². The highest BCUT2D eigenvalue weighted by molar-refractivity contribution is 5.16. The largest absolute Gasteiger partial charge is 0.460 e. The molecule has 1 rings (SSSR count). The van der Waals surface area contributed by atoms with Crippen molar-refractivity contribution in [2.45, 2.75) is 77.7 Å². The van der Waals surface area contributed by atoms with E-state index in [2.05, 4.69) is 0 Å². The fourth-order valence-corrected chi connectivity index (χ4v) is 2.40. The Balaban J connectivity index is 3.90. The SMILES string of the molecule is FC(F)(F)C(F)(F)C(F)(F)C(F)(F)C(F)(F)C1(F)OC(F)(F)C(F)(C(F)(F)C(F)(F)C(F)(F)C(F)(F)C(F)(F)F)O1. The van der Waals surface area contributed by atoms with Crippen LogP contribution in [0.1, 0.15) is 0 Å². The molecule has 1 saturated heterocycles. The van der Waals surface area contributed by atoms with Gasteiger partial charge in [-0.3, -0.25) is 4.74 Å². The Morgan fingerprint density at radius 2 is 0.585 bits per heavy atom. The Kier molecular flexibility index (Phi) is 7.79. The van der Waals surface area contributed by atoms with Gasteiger partial charge in [0.1, 0.15) is 0 Å². The van der Waals surface area contributed by atoms with Crippen molar-refractivity contribution in [1.82, 2.24) is 0 Å². The van der Waals surface area contributed by atoms with Crippen LogP contribution in [0.2, 0.25) is 0 Å². The molecule has 0 aromatic carbocycles. The van der Waals surface area contributed by atoms with Crippen LogP contribution in [0, 0.1) is 0 Å². The van der Waals surface area contributed by atoms with Gasteiger partial charge in [-0.15, -0.1) is 0 Å². The summed E-state index contributed by atoms with van der Waals surface area (Å²) in [6, 6.07) is -8.15. The van der Waals surface area contributed by atoms with Gasteiger partial charge in [0.05, 0.1) is 0 Å². The Hall–Kier alpha value is -1.90. The first kappa shape index (κ1) is 37.1. The van der Waals surface area contributed by atoms with Crippen molar-refractivity contribution in [1.29, 1.82) is 0 Å². The van der Waals surface area contributed by atoms with E-state index in [1.165, 1.54) is 9.47 Å². The fraction of sp³-hybridized carbons (Fsp3) is 1.00. The minimum Gasteiger partial charge on any atom is -0.268 e. The topological polar surface area (TPSA) is 18.5 Å². The third-order valence-electron chi connectivity index (χ3n) is 4.76. The summed E-state index contributed by atoms with van der Waals surface area (Å²) in [7, 11) is 0. The van der Waals surface area contributed by atoms with E-state index >= 15 is 0 Å². The molecule has 1 aliphatic rings. The van der Waals surface area contributed by atoms with Crippen LogP contribution in [0.5, 0.6) is 0 Å². The summed E-state index contributed by atoms with van der Waals surface area (Å²) in [5, 5.41) is 0. The molecule has 2 nitrogen and oxygen atoms in total. The van der Waals surface area contributed by atoms with Gasteiger partial charge in [0.25, 0.3) is 0 Å². The number of alkyl halides is 26. The minimum absolute atomic E-state index is 1.36. The molecular formula is C13F26O2. The molecule has 246 valence electrons. The molecule has 0 bridgehead atoms. The van der Waals surface area contributed by atoms with Gasteiger partial charge in [0.2, 0.25) is 0 Å². The van der Waals surface area contributed by atoms with E-state index in [4.69, 9.17) is 0 Å². The highest BCUT2D eigenvalue weighted by atomic mass is 19.4. The van der Waals surface area contributed by atoms with Crippen LogP contribution in [0.25, 0.3) is 0 Å². The predicted molar refractivity (Wildman–Crippen MR) is 66.5 cm³/mol. The molecule has 0 spiro atoms. The summed E-state index contributed by atoms with van der Waals surface area (Å²) in [6.45, 7) is 0. The lowest BCUT2D eigenvalue weighted by molar-refractivity contribution is -0.490. The van der Waals surface area contributed by atoms with Crippen molar-refractivity contribution in [3.05, 3.63) is 0 Å². The second kappa shape index (κ2) is 8.60. The van der Waals surface area contributed by atoms with Crippen molar-refractivity contribution in [2.75, 3.05) is 0 Å². The number of hydrogen-bond acceptors (Lipinski definition) is 2. The predicted octanol–water partition coefficient (Wildman–Crippen LogP) is 8.12. The minimum atomic E-state index is -9.11. The van der Waals surface area contributed by atoms with Crippen molar-refractivity contribution in [3.8, 4) is 0 Å². The molecule has 1 aliphatic heterocycles. The molecule has 0 saturated carbocycles. The highest BCUT2D eigenvalue weighted by Gasteiger charge is 3.00. The maximum atomic E-state index is 14.2. The first-order valence-electron chi connectivity index (χ1n) is 8.48. The summed E-state index contributed by atoms with van der Waals surface area (Å²) >= 11 is 0. The molecule has 2 atom stereocenters. The van der Waals surface area contributed by atoms with E-state index in [0.29, 0.717) is 0 Å². The molecule has 0 aromatic rings. The number of hydrogen-bond donors (Lipinski definition) is 0. The van der Waals surface area contributed by atoms with Crippen LogP contribution in [-0.2, 0) is 9.47 Å². The fourth-order valence-electron chi connectivity index (χ4n) is 2.40. The average Bonchev–Trinajstić information content (AvgIpc) is 2.91. The number of ether oxygens (including phenoxy) is 2. The average molecular weight is 682 g/mol. The van der Waals surface area contributed by atoms with Gasteiger partial charge in [-0.1, -0.05) is 0 Å². The van der Waals surface area contributed by atoms with Gasteiger partial charge >= 0.3 is 77.7 Å². The smallest absolute Gasteiger partial charge is 0.268 e. The van der Waals surface area contributed by atoms with Crippen LogP contribution in [-0.4, -0.2) is 77.7 Å². The van der Waals surface area contributed by atoms with Crippen molar-refractivity contribution in [2.24, 2.45) is 0 Å². The molecule has 0 radical (unpaired) electrons. The van der Waals surface area contributed by atoms with Gasteiger partial charge in [0.15, 0.2) is 0 Å². The van der Waals surface area contributed by atoms with Crippen LogP contribution in [0.4, 0.5) is 114 Å². The maximum Gasteiger partial charge on any atom is 0.460 e. The molecule has 41 heavy (non-hydrogen) atoms. The molecule has 0 aromatic heterocycles. The molecule has 2 unspecified atom stereocenters. The number of rotatable bonds is 8. The summed E-state index contributed by atoms with van der Waals surface area (Å²) in [5.74, 6) is -79.4. The summed E-state index contributed by atoms with van der Waals surface area (Å²) < 4.78 is 343. The van der Waals surface area contributed by atoms with Gasteiger partial charge in [-0.05, 0) is 0 Å². The molecule has 28 heteroatoms. The summed E-state index contributed by atoms with van der Waals surface area (Å²) in [5.41, 5.74) is 0. The van der Waals surface area contributed by atoms with E-state index in [9.17, 15) is 114 Å².